The van der Waals surface area contributed by atoms with Crippen LogP contribution in [0.25, 0.3) is 0 Å². The number of hydrogen-bond donors (Lipinski definition) is 0. The Morgan fingerprint density at radius 1 is 1.10 bits per heavy atom. The first-order valence-electron chi connectivity index (χ1n) is 10.7. The van der Waals surface area contributed by atoms with Gasteiger partial charge in [-0.2, -0.15) is 17.0 Å². The second kappa shape index (κ2) is 8.64. The molecule has 10 nitrogen and oxygen atoms in total. The van der Waals surface area contributed by atoms with E-state index >= 15 is 0 Å². The summed E-state index contributed by atoms with van der Waals surface area (Å²) in [5, 5.41) is 0. The van der Waals surface area contributed by atoms with E-state index in [1.54, 1.807) is 35.2 Å². The largest absolute Gasteiger partial charge is 0.336 e. The second-order valence-electron chi connectivity index (χ2n) is 8.32. The SMILES string of the molecule is CN(C1CCCCC1)S(=O)(=O)N1CCN(C(=O)C2=CC=CN3CCS(=O)(=O)N=C23)CC1. The minimum atomic E-state index is -3.59. The molecule has 0 N–H and O–H groups in total. The topological polar surface area (TPSA) is 111 Å². The van der Waals surface area contributed by atoms with E-state index in [9.17, 15) is 21.6 Å². The highest BCUT2D eigenvalue weighted by Gasteiger charge is 2.37. The Labute approximate surface area is 184 Å². The number of nitrogens with zero attached hydrogens (tertiary/aromatic N) is 5. The summed E-state index contributed by atoms with van der Waals surface area (Å²) < 4.78 is 56.7. The van der Waals surface area contributed by atoms with Gasteiger partial charge in [0.05, 0.1) is 11.3 Å². The molecule has 2 fully saturated rings. The highest BCUT2D eigenvalue weighted by molar-refractivity contribution is 7.90. The van der Waals surface area contributed by atoms with Crippen molar-refractivity contribution >= 4 is 32.0 Å². The van der Waals surface area contributed by atoms with E-state index in [1.165, 1.54) is 8.61 Å². The fourth-order valence-electron chi connectivity index (χ4n) is 4.49. The predicted molar refractivity (Wildman–Crippen MR) is 117 cm³/mol. The van der Waals surface area contributed by atoms with Crippen LogP contribution in [-0.2, 0) is 25.0 Å². The molecular formula is C19H29N5O5S2. The third-order valence-corrected chi connectivity index (χ3v) is 9.59. The van der Waals surface area contributed by atoms with Gasteiger partial charge in [-0.25, -0.2) is 8.42 Å². The lowest BCUT2D eigenvalue weighted by molar-refractivity contribution is -0.127. The molecule has 1 amide bonds. The summed E-state index contributed by atoms with van der Waals surface area (Å²) in [6, 6.07) is 0.0369. The van der Waals surface area contributed by atoms with Gasteiger partial charge in [0, 0.05) is 52.0 Å². The number of carbonyl (C=O) groups is 1. The van der Waals surface area contributed by atoms with E-state index in [0.717, 1.165) is 32.1 Å². The van der Waals surface area contributed by atoms with Gasteiger partial charge in [-0.1, -0.05) is 19.3 Å². The first-order chi connectivity index (χ1) is 14.7. The molecule has 4 aliphatic rings. The quantitative estimate of drug-likeness (QED) is 0.577. The van der Waals surface area contributed by atoms with Crippen LogP contribution >= 0.6 is 0 Å². The van der Waals surface area contributed by atoms with Crippen molar-refractivity contribution in [2.45, 2.75) is 38.1 Å². The smallest absolute Gasteiger partial charge is 0.282 e. The van der Waals surface area contributed by atoms with Crippen LogP contribution < -0.4 is 0 Å². The first-order valence-corrected chi connectivity index (χ1v) is 13.7. The minimum absolute atomic E-state index is 0.0369. The number of carbonyl (C=O) groups excluding carboxylic acids is 1. The Morgan fingerprint density at radius 2 is 1.77 bits per heavy atom. The van der Waals surface area contributed by atoms with Gasteiger partial charge in [0.2, 0.25) is 0 Å². The van der Waals surface area contributed by atoms with Crippen molar-refractivity contribution in [3.8, 4) is 0 Å². The molecule has 3 aliphatic heterocycles. The molecule has 172 valence electrons. The summed E-state index contributed by atoms with van der Waals surface area (Å²) in [5.74, 6) is -0.276. The highest BCUT2D eigenvalue weighted by Crippen LogP contribution is 2.26. The van der Waals surface area contributed by atoms with Crippen LogP contribution in [0.3, 0.4) is 0 Å². The number of sulfonamides is 1. The van der Waals surface area contributed by atoms with Crippen molar-refractivity contribution in [2.75, 3.05) is 45.5 Å². The molecule has 0 unspecified atom stereocenters. The predicted octanol–water partition coefficient (Wildman–Crippen LogP) is 0.138. The third kappa shape index (κ3) is 4.57. The van der Waals surface area contributed by atoms with Crippen LogP contribution in [0, 0.1) is 0 Å². The van der Waals surface area contributed by atoms with Gasteiger partial charge >= 0.3 is 0 Å². The molecule has 1 saturated heterocycles. The van der Waals surface area contributed by atoms with E-state index in [2.05, 4.69) is 4.40 Å². The normalized spacial score (nSPS) is 25.2. The van der Waals surface area contributed by atoms with Crippen LogP contribution in [0.5, 0.6) is 0 Å². The zero-order chi connectivity index (χ0) is 22.2. The molecule has 0 aromatic carbocycles. The monoisotopic (exact) mass is 471 g/mol. The number of amidine groups is 1. The third-order valence-electron chi connectivity index (χ3n) is 6.39. The van der Waals surface area contributed by atoms with Gasteiger partial charge < -0.3 is 9.80 Å². The Morgan fingerprint density at radius 3 is 2.45 bits per heavy atom. The fraction of sp³-hybridized carbons (Fsp3) is 0.684. The molecule has 3 heterocycles. The van der Waals surface area contributed by atoms with Gasteiger partial charge in [-0.15, -0.1) is 4.40 Å². The number of hydrogen-bond acceptors (Lipinski definition) is 6. The number of fused-ring (bicyclic) bond motifs is 1. The zero-order valence-electron chi connectivity index (χ0n) is 17.7. The lowest BCUT2D eigenvalue weighted by Gasteiger charge is -2.39. The molecule has 0 spiro atoms. The molecule has 0 aromatic rings. The summed E-state index contributed by atoms with van der Waals surface area (Å²) >= 11 is 0. The highest BCUT2D eigenvalue weighted by atomic mass is 32.2. The Kier molecular flexibility index (Phi) is 6.25. The number of rotatable bonds is 4. The Balaban J connectivity index is 1.43. The molecule has 0 bridgehead atoms. The Hall–Kier alpha value is -1.76. The van der Waals surface area contributed by atoms with Crippen molar-refractivity contribution in [3.63, 3.8) is 0 Å². The molecule has 1 saturated carbocycles. The summed E-state index contributed by atoms with van der Waals surface area (Å²) in [6.45, 7) is 1.17. The van der Waals surface area contributed by atoms with Crippen LogP contribution in [0.4, 0.5) is 0 Å². The average Bonchev–Trinajstić information content (AvgIpc) is 2.77. The summed E-state index contributed by atoms with van der Waals surface area (Å²) in [7, 11) is -5.52. The van der Waals surface area contributed by atoms with E-state index < -0.39 is 20.2 Å². The van der Waals surface area contributed by atoms with E-state index in [0.29, 0.717) is 0 Å². The van der Waals surface area contributed by atoms with E-state index in [1.807, 2.05) is 0 Å². The molecule has 0 radical (unpaired) electrons. The van der Waals surface area contributed by atoms with E-state index in [-0.39, 0.29) is 61.8 Å². The average molecular weight is 472 g/mol. The maximum absolute atomic E-state index is 13.1. The standard InChI is InChI=1S/C19H29N5O5S2/c1-21(16-6-3-2-4-7-16)31(28,29)24-12-10-23(11-13-24)19(25)17-8-5-9-22-14-15-30(26,27)20-18(17)22/h5,8-9,16H,2-4,6-7,10-15H2,1H3. The van der Waals surface area contributed by atoms with Gasteiger partial charge in [-0.05, 0) is 25.0 Å². The summed E-state index contributed by atoms with van der Waals surface area (Å²) in [5.41, 5.74) is 0.224. The maximum atomic E-state index is 13.1. The molecule has 0 aromatic heterocycles. The van der Waals surface area contributed by atoms with Crippen LogP contribution in [0.2, 0.25) is 0 Å². The van der Waals surface area contributed by atoms with Crippen LogP contribution in [-0.4, -0.2) is 98.6 Å². The van der Waals surface area contributed by atoms with Crippen molar-refractivity contribution < 1.29 is 21.6 Å². The summed E-state index contributed by atoms with van der Waals surface area (Å²) in [6.07, 6.45) is 9.99. The molecule has 12 heteroatoms. The van der Waals surface area contributed by atoms with E-state index in [4.69, 9.17) is 0 Å². The Bertz CT molecular complexity index is 1020. The van der Waals surface area contributed by atoms with Crippen molar-refractivity contribution in [3.05, 3.63) is 23.9 Å². The zero-order valence-corrected chi connectivity index (χ0v) is 19.3. The minimum Gasteiger partial charge on any atom is -0.336 e. The van der Waals surface area contributed by atoms with Crippen molar-refractivity contribution in [2.24, 2.45) is 4.40 Å². The number of amides is 1. The van der Waals surface area contributed by atoms with Gasteiger partial charge in [0.15, 0.2) is 5.84 Å². The number of piperazine rings is 1. The lowest BCUT2D eigenvalue weighted by atomic mass is 9.96. The summed E-state index contributed by atoms with van der Waals surface area (Å²) in [4.78, 5) is 16.3. The first kappa shape index (κ1) is 22.4. The molecular weight excluding hydrogens is 442 g/mol. The van der Waals surface area contributed by atoms with Gasteiger partial charge in [-0.3, -0.25) is 4.79 Å². The molecule has 31 heavy (non-hydrogen) atoms. The van der Waals surface area contributed by atoms with Crippen molar-refractivity contribution in [1.82, 2.24) is 18.4 Å². The van der Waals surface area contributed by atoms with Crippen LogP contribution in [0.1, 0.15) is 32.1 Å². The lowest BCUT2D eigenvalue weighted by Crippen LogP contribution is -2.56. The number of allylic oxidation sites excluding steroid dienone is 2. The van der Waals surface area contributed by atoms with Gasteiger partial charge in [0.25, 0.3) is 26.1 Å². The van der Waals surface area contributed by atoms with Gasteiger partial charge in [0.1, 0.15) is 0 Å². The maximum Gasteiger partial charge on any atom is 0.282 e. The molecule has 1 aliphatic carbocycles. The van der Waals surface area contributed by atoms with Crippen LogP contribution in [0.15, 0.2) is 28.3 Å². The second-order valence-corrected chi connectivity index (χ2v) is 12.1. The molecule has 4 rings (SSSR count). The van der Waals surface area contributed by atoms with Crippen molar-refractivity contribution in [1.29, 1.82) is 0 Å². The molecule has 0 atom stereocenters. The fourth-order valence-corrected chi connectivity index (χ4v) is 7.05.